The molecule has 0 aliphatic heterocycles. The van der Waals surface area contributed by atoms with E-state index in [1.54, 1.807) is 28.9 Å². The van der Waals surface area contributed by atoms with Gasteiger partial charge >= 0.3 is 0 Å². The van der Waals surface area contributed by atoms with Crippen LogP contribution >= 0.6 is 0 Å². The third-order valence-corrected chi connectivity index (χ3v) is 2.57. The van der Waals surface area contributed by atoms with Crippen molar-refractivity contribution in [3.63, 3.8) is 0 Å². The van der Waals surface area contributed by atoms with Crippen molar-refractivity contribution < 1.29 is 10.2 Å². The summed E-state index contributed by atoms with van der Waals surface area (Å²) in [6, 6.07) is 6.72. The first-order chi connectivity index (χ1) is 8.13. The normalized spacial score (nSPS) is 11.1. The smallest absolute Gasteiger partial charge is 0.115 e. The number of aliphatic hydroxyl groups excluding tert-OH is 1. The van der Waals surface area contributed by atoms with Gasteiger partial charge in [0.15, 0.2) is 0 Å². The molecule has 0 radical (unpaired) electrons. The lowest BCUT2D eigenvalue weighted by molar-refractivity contribution is 0.275. The molecule has 5 nitrogen and oxygen atoms in total. The Kier molecular flexibility index (Phi) is 3.10. The average molecular weight is 233 g/mol. The van der Waals surface area contributed by atoms with Crippen LogP contribution in [0.25, 0.3) is 5.69 Å². The fourth-order valence-electron chi connectivity index (χ4n) is 1.80. The van der Waals surface area contributed by atoms with E-state index < -0.39 is 0 Å². The van der Waals surface area contributed by atoms with E-state index in [9.17, 15) is 10.2 Å². The number of aromatic nitrogens is 3. The molecule has 2 aromatic rings. The maximum absolute atomic E-state index is 9.25. The van der Waals surface area contributed by atoms with Gasteiger partial charge in [0.25, 0.3) is 0 Å². The molecule has 5 heteroatoms. The summed E-state index contributed by atoms with van der Waals surface area (Å²) in [5.74, 6) is 0.420. The van der Waals surface area contributed by atoms with E-state index in [4.69, 9.17) is 0 Å². The zero-order chi connectivity index (χ0) is 12.4. The first kappa shape index (κ1) is 11.6. The monoisotopic (exact) mass is 233 g/mol. The van der Waals surface area contributed by atoms with Crippen molar-refractivity contribution in [2.75, 3.05) is 0 Å². The molecular formula is C12H15N3O2. The number of rotatable bonds is 3. The Hall–Kier alpha value is -1.88. The second-order valence-electron chi connectivity index (χ2n) is 4.16. The molecule has 0 atom stereocenters. The van der Waals surface area contributed by atoms with Crippen LogP contribution in [0.15, 0.2) is 24.3 Å². The summed E-state index contributed by atoms with van der Waals surface area (Å²) in [7, 11) is 0. The Morgan fingerprint density at radius 3 is 2.41 bits per heavy atom. The first-order valence-corrected chi connectivity index (χ1v) is 5.48. The molecule has 0 fully saturated rings. The molecule has 0 saturated heterocycles. The van der Waals surface area contributed by atoms with Gasteiger partial charge in [0, 0.05) is 0 Å². The molecule has 0 bridgehead atoms. The predicted molar refractivity (Wildman–Crippen MR) is 63.0 cm³/mol. The molecule has 1 heterocycles. The maximum atomic E-state index is 9.25. The van der Waals surface area contributed by atoms with Gasteiger partial charge in [-0.25, -0.2) is 4.68 Å². The largest absolute Gasteiger partial charge is 0.508 e. The van der Waals surface area contributed by atoms with E-state index in [1.165, 1.54) is 0 Å². The van der Waals surface area contributed by atoms with E-state index in [0.29, 0.717) is 5.69 Å². The number of phenolic OH excluding ortho intramolecular Hbond substituents is 1. The number of nitrogens with zero attached hydrogens (tertiary/aromatic N) is 3. The van der Waals surface area contributed by atoms with Crippen LogP contribution in [0.2, 0.25) is 0 Å². The van der Waals surface area contributed by atoms with Gasteiger partial charge in [-0.1, -0.05) is 19.1 Å². The molecule has 1 aromatic carbocycles. The van der Waals surface area contributed by atoms with E-state index in [-0.39, 0.29) is 18.3 Å². The molecular weight excluding hydrogens is 218 g/mol. The molecule has 2 rings (SSSR count). The number of hydrogen-bond acceptors (Lipinski definition) is 4. The summed E-state index contributed by atoms with van der Waals surface area (Å²) in [5, 5.41) is 26.5. The summed E-state index contributed by atoms with van der Waals surface area (Å²) < 4.78 is 1.69. The van der Waals surface area contributed by atoms with Gasteiger partial charge in [0.05, 0.1) is 18.0 Å². The number of phenols is 1. The van der Waals surface area contributed by atoms with Crippen molar-refractivity contribution in [3.05, 3.63) is 35.7 Å². The topological polar surface area (TPSA) is 71.2 Å². The molecule has 90 valence electrons. The molecule has 0 aliphatic rings. The quantitative estimate of drug-likeness (QED) is 0.844. The standard InChI is InChI=1S/C12H15N3O2/c1-8(2)12-11(7-16)13-14-15(12)9-3-5-10(17)6-4-9/h3-6,8,16-17H,7H2,1-2H3. The lowest BCUT2D eigenvalue weighted by Gasteiger charge is -2.10. The van der Waals surface area contributed by atoms with Crippen LogP contribution in [0.5, 0.6) is 5.75 Å². The molecule has 1 aromatic heterocycles. The lowest BCUT2D eigenvalue weighted by Crippen LogP contribution is -2.05. The van der Waals surface area contributed by atoms with Crippen LogP contribution in [0.1, 0.15) is 31.2 Å². The molecule has 0 unspecified atom stereocenters. The number of benzene rings is 1. The van der Waals surface area contributed by atoms with Crippen LogP contribution < -0.4 is 0 Å². The van der Waals surface area contributed by atoms with E-state index in [2.05, 4.69) is 10.3 Å². The van der Waals surface area contributed by atoms with Gasteiger partial charge < -0.3 is 10.2 Å². The van der Waals surface area contributed by atoms with E-state index >= 15 is 0 Å². The van der Waals surface area contributed by atoms with Crippen molar-refractivity contribution in [1.29, 1.82) is 0 Å². The molecule has 0 spiro atoms. The summed E-state index contributed by atoms with van der Waals surface area (Å²) >= 11 is 0. The summed E-state index contributed by atoms with van der Waals surface area (Å²) in [6.45, 7) is 3.93. The Morgan fingerprint density at radius 2 is 1.88 bits per heavy atom. The minimum absolute atomic E-state index is 0.119. The molecule has 17 heavy (non-hydrogen) atoms. The highest BCUT2D eigenvalue weighted by atomic mass is 16.3. The number of aromatic hydroxyl groups is 1. The average Bonchev–Trinajstić information content (AvgIpc) is 2.73. The van der Waals surface area contributed by atoms with Crippen molar-refractivity contribution >= 4 is 0 Å². The SMILES string of the molecule is CC(C)c1c(CO)nnn1-c1ccc(O)cc1. The summed E-state index contributed by atoms with van der Waals surface area (Å²) in [4.78, 5) is 0. The Bertz CT molecular complexity index is 503. The lowest BCUT2D eigenvalue weighted by atomic mass is 10.1. The summed E-state index contributed by atoms with van der Waals surface area (Å²) in [6.07, 6.45) is 0. The second-order valence-corrected chi connectivity index (χ2v) is 4.16. The third kappa shape index (κ3) is 2.14. The zero-order valence-electron chi connectivity index (χ0n) is 9.83. The second kappa shape index (κ2) is 4.55. The van der Waals surface area contributed by atoms with Crippen molar-refractivity contribution in [3.8, 4) is 11.4 Å². The highest BCUT2D eigenvalue weighted by molar-refractivity contribution is 5.38. The van der Waals surface area contributed by atoms with Crippen LogP contribution in [0, 0.1) is 0 Å². The van der Waals surface area contributed by atoms with E-state index in [0.717, 1.165) is 11.4 Å². The molecule has 0 saturated carbocycles. The Balaban J connectivity index is 2.51. The fourth-order valence-corrected chi connectivity index (χ4v) is 1.80. The predicted octanol–water partition coefficient (Wildman–Crippen LogP) is 1.59. The van der Waals surface area contributed by atoms with Gasteiger partial charge in [-0.05, 0) is 30.2 Å². The van der Waals surface area contributed by atoms with Gasteiger partial charge in [-0.3, -0.25) is 0 Å². The highest BCUT2D eigenvalue weighted by Gasteiger charge is 2.16. The minimum atomic E-state index is -0.119. The molecule has 0 aliphatic carbocycles. The number of aliphatic hydroxyl groups is 1. The fraction of sp³-hybridized carbons (Fsp3) is 0.333. The van der Waals surface area contributed by atoms with E-state index in [1.807, 2.05) is 13.8 Å². The van der Waals surface area contributed by atoms with Crippen molar-refractivity contribution in [1.82, 2.24) is 15.0 Å². The van der Waals surface area contributed by atoms with Crippen LogP contribution in [-0.2, 0) is 6.61 Å². The van der Waals surface area contributed by atoms with Crippen LogP contribution in [-0.4, -0.2) is 25.2 Å². The van der Waals surface area contributed by atoms with Gasteiger partial charge in [-0.2, -0.15) is 0 Å². The molecule has 2 N–H and O–H groups in total. The summed E-state index contributed by atoms with van der Waals surface area (Å²) in [5.41, 5.74) is 2.30. The van der Waals surface area contributed by atoms with Crippen molar-refractivity contribution in [2.24, 2.45) is 0 Å². The Morgan fingerprint density at radius 1 is 1.24 bits per heavy atom. The van der Waals surface area contributed by atoms with Gasteiger partial charge in [0.1, 0.15) is 11.4 Å². The van der Waals surface area contributed by atoms with Gasteiger partial charge in [-0.15, -0.1) is 5.10 Å². The first-order valence-electron chi connectivity index (χ1n) is 5.48. The Labute approximate surface area is 99.3 Å². The zero-order valence-corrected chi connectivity index (χ0v) is 9.83. The van der Waals surface area contributed by atoms with Crippen molar-refractivity contribution in [2.45, 2.75) is 26.4 Å². The minimum Gasteiger partial charge on any atom is -0.508 e. The highest BCUT2D eigenvalue weighted by Crippen LogP contribution is 2.22. The van der Waals surface area contributed by atoms with Gasteiger partial charge in [0.2, 0.25) is 0 Å². The maximum Gasteiger partial charge on any atom is 0.115 e. The van der Waals surface area contributed by atoms with Crippen LogP contribution in [0.4, 0.5) is 0 Å². The van der Waals surface area contributed by atoms with Crippen LogP contribution in [0.3, 0.4) is 0 Å². The molecule has 0 amide bonds. The third-order valence-electron chi connectivity index (χ3n) is 2.57. The number of hydrogen-bond donors (Lipinski definition) is 2.